The normalized spacial score (nSPS) is 10.8. The van der Waals surface area contributed by atoms with Crippen molar-refractivity contribution in [1.82, 2.24) is 9.55 Å². The van der Waals surface area contributed by atoms with E-state index >= 15 is 0 Å². The minimum Gasteiger partial charge on any atom is -0.468 e. The monoisotopic (exact) mass is 314 g/mol. The molecule has 22 heavy (non-hydrogen) atoms. The molecule has 0 aliphatic rings. The number of benzene rings is 1. The van der Waals surface area contributed by atoms with Crippen molar-refractivity contribution in [2.24, 2.45) is 0 Å². The second kappa shape index (κ2) is 5.73. The molecule has 3 aromatic rings. The summed E-state index contributed by atoms with van der Waals surface area (Å²) in [4.78, 5) is 28.1. The Hall–Kier alpha value is -2.47. The first-order chi connectivity index (χ1) is 10.6. The summed E-state index contributed by atoms with van der Waals surface area (Å²) in [5.74, 6) is -0.473. The lowest BCUT2D eigenvalue weighted by Crippen LogP contribution is -2.24. The third kappa shape index (κ3) is 2.42. The van der Waals surface area contributed by atoms with Crippen LogP contribution in [0.25, 0.3) is 21.3 Å². The number of carbonyl (C=O) groups is 1. The lowest BCUT2D eigenvalue weighted by atomic mass is 10.0. The number of aryl methyl sites for hydroxylation is 1. The number of rotatable bonds is 3. The molecule has 0 bridgehead atoms. The smallest absolute Gasteiger partial charge is 0.325 e. The molecule has 0 aliphatic heterocycles. The summed E-state index contributed by atoms with van der Waals surface area (Å²) < 4.78 is 6.40. The molecule has 6 heteroatoms. The van der Waals surface area contributed by atoms with Crippen molar-refractivity contribution in [3.63, 3.8) is 0 Å². The summed E-state index contributed by atoms with van der Waals surface area (Å²) >= 11 is 1.35. The predicted octanol–water partition coefficient (Wildman–Crippen LogP) is 2.61. The maximum absolute atomic E-state index is 12.4. The maximum Gasteiger partial charge on any atom is 0.325 e. The summed E-state index contributed by atoms with van der Waals surface area (Å²) in [7, 11) is 1.29. The van der Waals surface area contributed by atoms with Crippen LogP contribution in [0.4, 0.5) is 0 Å². The number of carbonyl (C=O) groups excluding carboxylic acids is 1. The van der Waals surface area contributed by atoms with E-state index in [9.17, 15) is 9.59 Å². The van der Waals surface area contributed by atoms with Crippen molar-refractivity contribution < 1.29 is 9.53 Å². The molecule has 5 nitrogen and oxygen atoms in total. The number of hydrogen-bond acceptors (Lipinski definition) is 5. The maximum atomic E-state index is 12.4. The standard InChI is InChI=1S/C16H14N2O3S/c1-10-5-3-4-6-11(10)12-8-22-15-14(12)17-9-18(16(15)20)7-13(19)21-2/h3-6,8-9H,7H2,1-2H3. The summed E-state index contributed by atoms with van der Waals surface area (Å²) in [6.45, 7) is 1.90. The molecule has 2 heterocycles. The van der Waals surface area contributed by atoms with Crippen molar-refractivity contribution in [3.8, 4) is 11.1 Å². The van der Waals surface area contributed by atoms with Crippen LogP contribution in [-0.2, 0) is 16.1 Å². The first-order valence-electron chi connectivity index (χ1n) is 6.71. The molecule has 0 N–H and O–H groups in total. The average molecular weight is 314 g/mol. The molecule has 0 fully saturated rings. The number of thiophene rings is 1. The Labute approximate surface area is 130 Å². The molecule has 0 saturated heterocycles. The van der Waals surface area contributed by atoms with E-state index in [2.05, 4.69) is 9.72 Å². The van der Waals surface area contributed by atoms with Crippen LogP contribution in [0.5, 0.6) is 0 Å². The zero-order chi connectivity index (χ0) is 15.7. The van der Waals surface area contributed by atoms with Crippen LogP contribution in [0.2, 0.25) is 0 Å². The number of fused-ring (bicyclic) bond motifs is 1. The van der Waals surface area contributed by atoms with Gasteiger partial charge in [-0.15, -0.1) is 11.3 Å². The fraction of sp³-hybridized carbons (Fsp3) is 0.188. The second-order valence-electron chi connectivity index (χ2n) is 4.90. The Balaban J connectivity index is 2.14. The predicted molar refractivity (Wildman–Crippen MR) is 86.1 cm³/mol. The molecule has 2 aromatic heterocycles. The molecule has 0 spiro atoms. The van der Waals surface area contributed by atoms with Gasteiger partial charge < -0.3 is 4.74 Å². The summed E-state index contributed by atoms with van der Waals surface area (Å²) in [6.07, 6.45) is 1.40. The third-order valence-corrected chi connectivity index (χ3v) is 4.47. The highest BCUT2D eigenvalue weighted by molar-refractivity contribution is 7.17. The summed E-state index contributed by atoms with van der Waals surface area (Å²) in [6, 6.07) is 7.98. The fourth-order valence-electron chi connectivity index (χ4n) is 2.32. The Morgan fingerprint density at radius 3 is 2.82 bits per heavy atom. The third-order valence-electron chi connectivity index (χ3n) is 3.51. The van der Waals surface area contributed by atoms with Gasteiger partial charge >= 0.3 is 5.97 Å². The van der Waals surface area contributed by atoms with E-state index in [0.29, 0.717) is 10.2 Å². The molecule has 0 radical (unpaired) electrons. The van der Waals surface area contributed by atoms with Crippen molar-refractivity contribution in [3.05, 3.63) is 51.9 Å². The van der Waals surface area contributed by atoms with Gasteiger partial charge in [-0.2, -0.15) is 0 Å². The fourth-order valence-corrected chi connectivity index (χ4v) is 3.29. The molecule has 0 aliphatic carbocycles. The van der Waals surface area contributed by atoms with Crippen LogP contribution in [-0.4, -0.2) is 22.6 Å². The molecule has 112 valence electrons. The minimum absolute atomic E-state index is 0.129. The zero-order valence-electron chi connectivity index (χ0n) is 12.2. The molecule has 0 atom stereocenters. The lowest BCUT2D eigenvalue weighted by Gasteiger charge is -2.05. The van der Waals surface area contributed by atoms with Crippen molar-refractivity contribution >= 4 is 27.5 Å². The zero-order valence-corrected chi connectivity index (χ0v) is 13.0. The van der Waals surface area contributed by atoms with Gasteiger partial charge in [-0.1, -0.05) is 24.3 Å². The Bertz CT molecular complexity index is 911. The number of esters is 1. The minimum atomic E-state index is -0.473. The van der Waals surface area contributed by atoms with Gasteiger partial charge in [-0.3, -0.25) is 14.2 Å². The lowest BCUT2D eigenvalue weighted by molar-refractivity contribution is -0.141. The topological polar surface area (TPSA) is 61.2 Å². The molecule has 0 amide bonds. The number of aromatic nitrogens is 2. The van der Waals surface area contributed by atoms with Gasteiger partial charge in [-0.05, 0) is 18.1 Å². The van der Waals surface area contributed by atoms with Gasteiger partial charge in [0.05, 0.1) is 19.0 Å². The second-order valence-corrected chi connectivity index (χ2v) is 5.78. The van der Waals surface area contributed by atoms with Crippen LogP contribution < -0.4 is 5.56 Å². The first-order valence-corrected chi connectivity index (χ1v) is 7.59. The van der Waals surface area contributed by atoms with Crippen molar-refractivity contribution in [1.29, 1.82) is 0 Å². The Morgan fingerprint density at radius 1 is 1.32 bits per heavy atom. The number of nitrogens with zero attached hydrogens (tertiary/aromatic N) is 2. The highest BCUT2D eigenvalue weighted by Gasteiger charge is 2.14. The van der Waals surface area contributed by atoms with Crippen molar-refractivity contribution in [2.75, 3.05) is 7.11 Å². The summed E-state index contributed by atoms with van der Waals surface area (Å²) in [5.41, 5.74) is 3.58. The van der Waals surface area contributed by atoms with Crippen molar-refractivity contribution in [2.45, 2.75) is 13.5 Å². The van der Waals surface area contributed by atoms with E-state index in [1.165, 1.54) is 29.3 Å². The molecule has 0 saturated carbocycles. The van der Waals surface area contributed by atoms with E-state index < -0.39 is 5.97 Å². The quantitative estimate of drug-likeness (QED) is 0.697. The van der Waals surface area contributed by atoms with Gasteiger partial charge in [0.15, 0.2) is 0 Å². The largest absolute Gasteiger partial charge is 0.468 e. The molecule has 1 aromatic carbocycles. The molecule has 3 rings (SSSR count). The number of methoxy groups -OCH3 is 1. The highest BCUT2D eigenvalue weighted by atomic mass is 32.1. The average Bonchev–Trinajstić information content (AvgIpc) is 2.95. The molecular weight excluding hydrogens is 300 g/mol. The van der Waals surface area contributed by atoms with Crippen LogP contribution >= 0.6 is 11.3 Å². The Morgan fingerprint density at radius 2 is 2.09 bits per heavy atom. The van der Waals surface area contributed by atoms with E-state index in [0.717, 1.165) is 16.7 Å². The van der Waals surface area contributed by atoms with E-state index in [-0.39, 0.29) is 12.1 Å². The Kier molecular flexibility index (Phi) is 3.77. The SMILES string of the molecule is COC(=O)Cn1cnc2c(-c3ccccc3C)csc2c1=O. The van der Waals surface area contributed by atoms with Crippen LogP contribution in [0.15, 0.2) is 40.8 Å². The van der Waals surface area contributed by atoms with Gasteiger partial charge in [0, 0.05) is 10.9 Å². The van der Waals surface area contributed by atoms with Gasteiger partial charge in [-0.25, -0.2) is 4.98 Å². The van der Waals surface area contributed by atoms with Crippen LogP contribution in [0.1, 0.15) is 5.56 Å². The number of hydrogen-bond donors (Lipinski definition) is 0. The highest BCUT2D eigenvalue weighted by Crippen LogP contribution is 2.32. The summed E-state index contributed by atoms with van der Waals surface area (Å²) in [5, 5.41) is 1.93. The van der Waals surface area contributed by atoms with Crippen LogP contribution in [0, 0.1) is 6.92 Å². The van der Waals surface area contributed by atoms with Crippen LogP contribution in [0.3, 0.4) is 0 Å². The molecule has 0 unspecified atom stereocenters. The van der Waals surface area contributed by atoms with Gasteiger partial charge in [0.2, 0.25) is 0 Å². The van der Waals surface area contributed by atoms with E-state index in [1.807, 2.05) is 36.6 Å². The van der Waals surface area contributed by atoms with Gasteiger partial charge in [0.25, 0.3) is 5.56 Å². The van der Waals surface area contributed by atoms with Gasteiger partial charge in [0.1, 0.15) is 11.2 Å². The van der Waals surface area contributed by atoms with E-state index in [4.69, 9.17) is 0 Å². The first kappa shape index (κ1) is 14.5. The number of ether oxygens (including phenoxy) is 1. The molecular formula is C16H14N2O3S. The van der Waals surface area contributed by atoms with E-state index in [1.54, 1.807) is 0 Å².